The van der Waals surface area contributed by atoms with E-state index in [-0.39, 0.29) is 35.9 Å². The van der Waals surface area contributed by atoms with E-state index in [4.69, 9.17) is 9.84 Å². The van der Waals surface area contributed by atoms with Gasteiger partial charge in [-0.1, -0.05) is 32.1 Å². The predicted molar refractivity (Wildman–Crippen MR) is 179 cm³/mol. The molecule has 6 rings (SSSR count). The number of carboxylic acids is 1. The zero-order valence-electron chi connectivity index (χ0n) is 27.1. The first-order chi connectivity index (χ1) is 23.2. The number of hydrogen-bond donors (Lipinski definition) is 3. The Balaban J connectivity index is 1.29. The van der Waals surface area contributed by atoms with E-state index in [0.29, 0.717) is 24.1 Å². The molecule has 4 aromatic rings. The number of carboxylic acid groups (broad SMARTS) is 1. The summed E-state index contributed by atoms with van der Waals surface area (Å²) in [6, 6.07) is 9.02. The molecule has 48 heavy (non-hydrogen) atoms. The molecule has 0 saturated heterocycles. The van der Waals surface area contributed by atoms with E-state index in [9.17, 15) is 18.8 Å². The highest BCUT2D eigenvalue weighted by Gasteiger charge is 2.43. The van der Waals surface area contributed by atoms with E-state index in [0.717, 1.165) is 66.8 Å². The molecule has 2 amide bonds. The van der Waals surface area contributed by atoms with Crippen LogP contribution in [-0.4, -0.2) is 54.6 Å². The topological polar surface area (TPSA) is 148 Å². The minimum Gasteiger partial charge on any atom is -0.478 e. The molecule has 2 saturated carbocycles. The molecule has 3 N–H and O–H groups in total. The molecule has 0 aliphatic heterocycles. The maximum atomic E-state index is 13.9. The number of benzene rings is 1. The van der Waals surface area contributed by atoms with Crippen LogP contribution in [0.3, 0.4) is 0 Å². The van der Waals surface area contributed by atoms with E-state index in [1.165, 1.54) is 31.0 Å². The van der Waals surface area contributed by atoms with Crippen LogP contribution in [-0.2, 0) is 9.59 Å². The molecule has 2 aliphatic rings. The summed E-state index contributed by atoms with van der Waals surface area (Å²) in [4.78, 5) is 51.6. The molecule has 0 atom stereocenters. The SMILES string of the molecule is CCOc1nc(NC(=O)C2(NC(=O)c3ccc4c(c3)c(C)c(-c3ccc(F)cn3)n4C3CCCCC3)CCCC2)cnc1/C=C/C(=O)O. The first-order valence-corrected chi connectivity index (χ1v) is 16.5. The van der Waals surface area contributed by atoms with Gasteiger partial charge < -0.3 is 25.0 Å². The number of carbonyl (C=O) groups excluding carboxylic acids is 2. The number of ether oxygens (including phenoxy) is 1. The van der Waals surface area contributed by atoms with Crippen LogP contribution in [0.1, 0.15) is 92.4 Å². The number of nitrogens with one attached hydrogen (secondary N) is 2. The van der Waals surface area contributed by atoms with Crippen LogP contribution in [0.4, 0.5) is 10.2 Å². The van der Waals surface area contributed by atoms with Gasteiger partial charge in [0, 0.05) is 28.6 Å². The van der Waals surface area contributed by atoms with Crippen LogP contribution >= 0.6 is 0 Å². The normalized spacial score (nSPS) is 16.3. The largest absolute Gasteiger partial charge is 0.478 e. The second-order valence-corrected chi connectivity index (χ2v) is 12.5. The molecule has 3 aromatic heterocycles. The van der Waals surface area contributed by atoms with Gasteiger partial charge in [0.1, 0.15) is 17.1 Å². The summed E-state index contributed by atoms with van der Waals surface area (Å²) < 4.78 is 21.7. The average Bonchev–Trinajstić information content (AvgIpc) is 3.68. The van der Waals surface area contributed by atoms with E-state index in [2.05, 4.69) is 30.2 Å². The highest BCUT2D eigenvalue weighted by Crippen LogP contribution is 2.40. The van der Waals surface area contributed by atoms with Crippen LogP contribution in [0.25, 0.3) is 28.4 Å². The molecular weight excluding hydrogens is 615 g/mol. The van der Waals surface area contributed by atoms with Crippen LogP contribution < -0.4 is 15.4 Å². The summed E-state index contributed by atoms with van der Waals surface area (Å²) in [7, 11) is 0. The van der Waals surface area contributed by atoms with Gasteiger partial charge in [0.2, 0.25) is 5.88 Å². The Morgan fingerprint density at radius 1 is 1.06 bits per heavy atom. The maximum absolute atomic E-state index is 13.9. The Morgan fingerprint density at radius 3 is 2.52 bits per heavy atom. The van der Waals surface area contributed by atoms with Crippen LogP contribution in [0.15, 0.2) is 48.8 Å². The second kappa shape index (κ2) is 13.9. The van der Waals surface area contributed by atoms with Crippen molar-refractivity contribution in [1.82, 2.24) is 24.8 Å². The van der Waals surface area contributed by atoms with E-state index >= 15 is 0 Å². The number of hydrogen-bond acceptors (Lipinski definition) is 7. The lowest BCUT2D eigenvalue weighted by atomic mass is 9.94. The number of carbonyl (C=O) groups is 3. The molecule has 3 heterocycles. The molecule has 1 aromatic carbocycles. The molecule has 11 nitrogen and oxygen atoms in total. The van der Waals surface area contributed by atoms with Crippen molar-refractivity contribution in [2.75, 3.05) is 11.9 Å². The van der Waals surface area contributed by atoms with Crippen LogP contribution in [0.2, 0.25) is 0 Å². The van der Waals surface area contributed by atoms with E-state index in [1.807, 2.05) is 19.1 Å². The van der Waals surface area contributed by atoms with Crippen molar-refractivity contribution in [3.05, 3.63) is 71.4 Å². The number of nitrogens with zero attached hydrogens (tertiary/aromatic N) is 4. The molecular formula is C36H39FN6O5. The van der Waals surface area contributed by atoms with E-state index in [1.54, 1.807) is 19.1 Å². The quantitative estimate of drug-likeness (QED) is 0.162. The lowest BCUT2D eigenvalue weighted by Crippen LogP contribution is -2.55. The molecule has 250 valence electrons. The van der Waals surface area contributed by atoms with Crippen molar-refractivity contribution >= 4 is 40.6 Å². The van der Waals surface area contributed by atoms with Crippen molar-refractivity contribution in [1.29, 1.82) is 0 Å². The molecule has 12 heteroatoms. The third-order valence-corrected chi connectivity index (χ3v) is 9.35. The summed E-state index contributed by atoms with van der Waals surface area (Å²) in [6.07, 6.45) is 12.7. The lowest BCUT2D eigenvalue weighted by Gasteiger charge is -2.29. The molecule has 0 radical (unpaired) electrons. The van der Waals surface area contributed by atoms with Crippen molar-refractivity contribution in [2.45, 2.75) is 83.2 Å². The fourth-order valence-electron chi connectivity index (χ4n) is 7.03. The van der Waals surface area contributed by atoms with Gasteiger partial charge in [-0.2, -0.15) is 4.98 Å². The fraction of sp³-hybridized carbons (Fsp3) is 0.389. The summed E-state index contributed by atoms with van der Waals surface area (Å²) in [5, 5.41) is 15.7. The van der Waals surface area contributed by atoms with Gasteiger partial charge in [-0.05, 0) is 81.5 Å². The number of anilines is 1. The van der Waals surface area contributed by atoms with Gasteiger partial charge in [-0.3, -0.25) is 14.6 Å². The Morgan fingerprint density at radius 2 is 1.83 bits per heavy atom. The Labute approximate surface area is 277 Å². The first kappa shape index (κ1) is 32.8. The Hall–Kier alpha value is -5.13. The van der Waals surface area contributed by atoms with Gasteiger partial charge >= 0.3 is 5.97 Å². The smallest absolute Gasteiger partial charge is 0.328 e. The number of rotatable bonds is 10. The van der Waals surface area contributed by atoms with Gasteiger partial charge in [0.05, 0.1) is 30.4 Å². The third-order valence-electron chi connectivity index (χ3n) is 9.35. The zero-order valence-corrected chi connectivity index (χ0v) is 27.1. The van der Waals surface area contributed by atoms with Gasteiger partial charge in [0.15, 0.2) is 5.82 Å². The third kappa shape index (κ3) is 6.65. The van der Waals surface area contributed by atoms with Crippen molar-refractivity contribution in [2.24, 2.45) is 0 Å². The van der Waals surface area contributed by atoms with Crippen molar-refractivity contribution in [3.8, 4) is 17.3 Å². The number of pyridine rings is 1. The van der Waals surface area contributed by atoms with Crippen LogP contribution in [0.5, 0.6) is 5.88 Å². The average molecular weight is 655 g/mol. The Bertz CT molecular complexity index is 1870. The molecule has 2 fully saturated rings. The van der Waals surface area contributed by atoms with Gasteiger partial charge in [0.25, 0.3) is 11.8 Å². The molecule has 0 spiro atoms. The summed E-state index contributed by atoms with van der Waals surface area (Å²) in [6.45, 7) is 4.02. The van der Waals surface area contributed by atoms with Crippen molar-refractivity contribution in [3.63, 3.8) is 0 Å². The monoisotopic (exact) mass is 654 g/mol. The van der Waals surface area contributed by atoms with Crippen molar-refractivity contribution < 1.29 is 28.6 Å². The van der Waals surface area contributed by atoms with Crippen LogP contribution in [0, 0.1) is 12.7 Å². The second-order valence-electron chi connectivity index (χ2n) is 12.5. The number of aromatic nitrogens is 4. The summed E-state index contributed by atoms with van der Waals surface area (Å²) >= 11 is 0. The van der Waals surface area contributed by atoms with Gasteiger partial charge in [-0.25, -0.2) is 14.2 Å². The Kier molecular flexibility index (Phi) is 9.51. The van der Waals surface area contributed by atoms with E-state index < -0.39 is 23.2 Å². The number of aliphatic carboxylic acids is 1. The molecule has 2 aliphatic carbocycles. The number of amides is 2. The summed E-state index contributed by atoms with van der Waals surface area (Å²) in [5.41, 5.74) is 3.05. The lowest BCUT2D eigenvalue weighted by molar-refractivity contribution is -0.131. The zero-order chi connectivity index (χ0) is 33.8. The fourth-order valence-corrected chi connectivity index (χ4v) is 7.03. The molecule has 0 bridgehead atoms. The number of halogens is 1. The number of aryl methyl sites for hydroxylation is 1. The summed E-state index contributed by atoms with van der Waals surface area (Å²) in [5.74, 6) is -2.11. The molecule has 0 unspecified atom stereocenters. The predicted octanol–water partition coefficient (Wildman–Crippen LogP) is 6.62. The highest BCUT2D eigenvalue weighted by atomic mass is 19.1. The minimum atomic E-state index is -1.16. The van der Waals surface area contributed by atoms with Gasteiger partial charge in [-0.15, -0.1) is 0 Å². The minimum absolute atomic E-state index is 0.0800. The highest BCUT2D eigenvalue weighted by molar-refractivity contribution is 6.05. The maximum Gasteiger partial charge on any atom is 0.328 e. The first-order valence-electron chi connectivity index (χ1n) is 16.5. The standard InChI is InChI=1S/C36H39FN6O5/c1-3-48-34-28(14-16-31(44)45)39-21-30(40-34)41-35(47)36(17-7-8-18-36)42-33(46)23-11-15-29-26(19-23)22(2)32(27-13-12-24(37)20-38-27)43(29)25-9-5-4-6-10-25/h11-16,19-21,25H,3-10,17-18H2,1-2H3,(H,42,46)(H,44,45)(H,40,41,47)/b16-14+. The number of fused-ring (bicyclic) bond motifs is 1.